The monoisotopic (exact) mass is 504 g/mol. The van der Waals surface area contributed by atoms with Gasteiger partial charge in [-0.1, -0.05) is 122 Å². The van der Waals surface area contributed by atoms with Crippen molar-refractivity contribution in [2.45, 2.75) is 41.5 Å². The summed E-state index contributed by atoms with van der Waals surface area (Å²) in [4.78, 5) is 0. The fourth-order valence-corrected chi connectivity index (χ4v) is 7.16. The molecule has 4 aromatic carbocycles. The molecule has 2 heterocycles. The first-order valence-electron chi connectivity index (χ1n) is 14.1. The molecule has 0 bridgehead atoms. The average molecular weight is 504 g/mol. The van der Waals surface area contributed by atoms with Crippen LogP contribution in [0, 0.1) is 41.5 Å². The normalized spacial score (nSPS) is 12.4. The third kappa shape index (κ3) is 3.98. The van der Waals surface area contributed by atoms with Gasteiger partial charge >= 0.3 is 0 Å². The highest BCUT2D eigenvalue weighted by molar-refractivity contribution is 7.12. The van der Waals surface area contributed by atoms with Gasteiger partial charge in [-0.05, 0) is 58.7 Å². The largest absolute Gasteiger partial charge is 0.241 e. The maximum Gasteiger partial charge on any atom is 0.241 e. The summed E-state index contributed by atoms with van der Waals surface area (Å²) in [7, 11) is 2.18. The first-order valence-corrected chi connectivity index (χ1v) is 14.1. The second-order valence-corrected chi connectivity index (χ2v) is 11.5. The topological polar surface area (TPSA) is 3.88 Å². The maximum absolute atomic E-state index is 2.50. The lowest BCUT2D eigenvalue weighted by Gasteiger charge is -2.36. The quantitative estimate of drug-likeness (QED) is 0.257. The molecule has 5 aromatic rings. The summed E-state index contributed by atoms with van der Waals surface area (Å²) in [6.07, 6.45) is 2.18. The molecule has 39 heavy (non-hydrogen) atoms. The number of pyridine rings is 1. The van der Waals surface area contributed by atoms with Crippen LogP contribution in [0.25, 0.3) is 11.3 Å². The van der Waals surface area contributed by atoms with E-state index in [1.165, 1.54) is 77.4 Å². The van der Waals surface area contributed by atoms with Crippen LogP contribution in [-0.4, -0.2) is 13.4 Å². The molecule has 0 radical (unpaired) electrons. The summed E-state index contributed by atoms with van der Waals surface area (Å²) in [5.41, 5.74) is 19.4. The van der Waals surface area contributed by atoms with Crippen molar-refractivity contribution in [2.24, 2.45) is 7.05 Å². The zero-order valence-corrected chi connectivity index (χ0v) is 24.3. The van der Waals surface area contributed by atoms with Gasteiger partial charge in [0.2, 0.25) is 19.1 Å². The number of aryl methyl sites for hydroxylation is 6. The van der Waals surface area contributed by atoms with Gasteiger partial charge in [0.15, 0.2) is 6.20 Å². The van der Waals surface area contributed by atoms with E-state index in [1.54, 1.807) is 0 Å². The van der Waals surface area contributed by atoms with E-state index in [0.717, 1.165) is 0 Å². The SMILES string of the molecule is Cc1cc2c(c(-c3cccc[n+]3C)c1C)B(c1c(C)cccc1C)c1ccccc1B2c1c(C)cccc1C. The van der Waals surface area contributed by atoms with Crippen molar-refractivity contribution in [3.05, 3.63) is 125 Å². The van der Waals surface area contributed by atoms with Crippen LogP contribution in [0.5, 0.6) is 0 Å². The van der Waals surface area contributed by atoms with E-state index in [9.17, 15) is 0 Å². The van der Waals surface area contributed by atoms with E-state index >= 15 is 0 Å². The van der Waals surface area contributed by atoms with Crippen molar-refractivity contribution in [3.63, 3.8) is 0 Å². The Morgan fingerprint density at radius 3 is 1.56 bits per heavy atom. The van der Waals surface area contributed by atoms with Crippen molar-refractivity contribution in [1.82, 2.24) is 0 Å². The van der Waals surface area contributed by atoms with Crippen LogP contribution in [-0.2, 0) is 7.05 Å². The van der Waals surface area contributed by atoms with E-state index < -0.39 is 0 Å². The Labute approximate surface area is 234 Å². The molecule has 6 rings (SSSR count). The Balaban J connectivity index is 1.83. The predicted molar refractivity (Wildman–Crippen MR) is 170 cm³/mol. The van der Waals surface area contributed by atoms with E-state index in [0.29, 0.717) is 0 Å². The molecule has 0 saturated carbocycles. The summed E-state index contributed by atoms with van der Waals surface area (Å²) >= 11 is 0. The molecular weight excluding hydrogens is 468 g/mol. The molecule has 1 nitrogen and oxygen atoms in total. The fraction of sp³-hybridized carbons (Fsp3) is 0.194. The molecule has 0 amide bonds. The molecule has 0 spiro atoms. The van der Waals surface area contributed by atoms with Crippen LogP contribution in [0.15, 0.2) is 91.1 Å². The number of nitrogens with zero attached hydrogens (tertiary/aromatic N) is 1. The zero-order chi connectivity index (χ0) is 27.4. The molecule has 3 heteroatoms. The summed E-state index contributed by atoms with van der Waals surface area (Å²) in [6, 6.07) is 31.8. The Morgan fingerprint density at radius 1 is 0.487 bits per heavy atom. The third-order valence-corrected chi connectivity index (χ3v) is 9.11. The van der Waals surface area contributed by atoms with Gasteiger partial charge < -0.3 is 0 Å². The van der Waals surface area contributed by atoms with Crippen LogP contribution >= 0.6 is 0 Å². The summed E-state index contributed by atoms with van der Waals surface area (Å²) in [6.45, 7) is 14.1. The second kappa shape index (κ2) is 9.72. The zero-order valence-electron chi connectivity index (χ0n) is 24.3. The second-order valence-electron chi connectivity index (χ2n) is 11.5. The smallest absolute Gasteiger partial charge is 0.201 e. The van der Waals surface area contributed by atoms with Gasteiger partial charge in [-0.2, -0.15) is 0 Å². The van der Waals surface area contributed by atoms with Crippen LogP contribution in [0.3, 0.4) is 0 Å². The summed E-state index contributed by atoms with van der Waals surface area (Å²) < 4.78 is 2.29. The fourth-order valence-electron chi connectivity index (χ4n) is 7.16. The van der Waals surface area contributed by atoms with Crippen molar-refractivity contribution in [2.75, 3.05) is 0 Å². The predicted octanol–water partition coefficient (Wildman–Crippen LogP) is 3.37. The van der Waals surface area contributed by atoms with Crippen molar-refractivity contribution < 1.29 is 4.57 Å². The van der Waals surface area contributed by atoms with Gasteiger partial charge in [-0.15, -0.1) is 0 Å². The van der Waals surface area contributed by atoms with E-state index in [2.05, 4.69) is 144 Å². The Hall–Kier alpha value is -3.84. The highest BCUT2D eigenvalue weighted by atomic mass is 14.9. The number of benzene rings is 4. The molecule has 0 N–H and O–H groups in total. The molecule has 0 unspecified atom stereocenters. The average Bonchev–Trinajstić information content (AvgIpc) is 2.91. The van der Waals surface area contributed by atoms with Gasteiger partial charge in [0.05, 0.1) is 0 Å². The Morgan fingerprint density at radius 2 is 1.00 bits per heavy atom. The molecule has 0 fully saturated rings. The number of fused-ring (bicyclic) bond motifs is 2. The van der Waals surface area contributed by atoms with Crippen LogP contribution in [0.1, 0.15) is 33.4 Å². The molecule has 0 atom stereocenters. The minimum Gasteiger partial charge on any atom is -0.201 e. The highest BCUT2D eigenvalue weighted by Gasteiger charge is 2.43. The minimum absolute atomic E-state index is 0.160. The Kier molecular flexibility index (Phi) is 6.34. The molecule has 190 valence electrons. The lowest BCUT2D eigenvalue weighted by Crippen LogP contribution is -2.76. The Bertz CT molecular complexity index is 1710. The van der Waals surface area contributed by atoms with Crippen molar-refractivity contribution in [3.8, 4) is 11.3 Å². The van der Waals surface area contributed by atoms with E-state index in [-0.39, 0.29) is 13.4 Å². The number of rotatable bonds is 3. The van der Waals surface area contributed by atoms with Gasteiger partial charge in [0, 0.05) is 17.7 Å². The lowest BCUT2D eigenvalue weighted by atomic mass is 9.19. The van der Waals surface area contributed by atoms with E-state index in [1.807, 2.05) is 0 Å². The number of hydrogen-bond donors (Lipinski definition) is 0. The molecule has 1 aromatic heterocycles. The lowest BCUT2D eigenvalue weighted by molar-refractivity contribution is -0.660. The summed E-state index contributed by atoms with van der Waals surface area (Å²) in [5.74, 6) is 0. The van der Waals surface area contributed by atoms with Crippen LogP contribution < -0.4 is 37.3 Å². The molecular formula is C36H36B2N+. The molecule has 1 aliphatic rings. The van der Waals surface area contributed by atoms with Gasteiger partial charge in [0.1, 0.15) is 7.05 Å². The van der Waals surface area contributed by atoms with Crippen LogP contribution in [0.2, 0.25) is 0 Å². The minimum atomic E-state index is 0.160. The standard InChI is InChI=1S/C36H36B2N/c1-23-14-12-15-24(2)34(23)37-29-18-8-9-19-30(29)38(35-25(3)16-13-17-26(35)4)36-31(37)22-27(5)28(6)33(36)32-20-10-11-21-39(32)7/h8-22H,1-7H3/q+1. The summed E-state index contributed by atoms with van der Waals surface area (Å²) in [5, 5.41) is 0. The molecule has 1 aliphatic heterocycles. The first kappa shape index (κ1) is 25.4. The maximum atomic E-state index is 2.50. The van der Waals surface area contributed by atoms with Crippen molar-refractivity contribution in [1.29, 1.82) is 0 Å². The number of aromatic nitrogens is 1. The van der Waals surface area contributed by atoms with E-state index in [4.69, 9.17) is 0 Å². The van der Waals surface area contributed by atoms with Gasteiger partial charge in [-0.3, -0.25) is 0 Å². The molecule has 0 saturated heterocycles. The highest BCUT2D eigenvalue weighted by Crippen LogP contribution is 2.23. The number of hydrogen-bond acceptors (Lipinski definition) is 0. The van der Waals surface area contributed by atoms with Gasteiger partial charge in [-0.25, -0.2) is 4.57 Å². The van der Waals surface area contributed by atoms with Crippen LogP contribution in [0.4, 0.5) is 0 Å². The first-order chi connectivity index (χ1) is 18.8. The van der Waals surface area contributed by atoms with Crippen molar-refractivity contribution >= 4 is 46.2 Å². The molecule has 0 aliphatic carbocycles. The third-order valence-electron chi connectivity index (χ3n) is 9.11. The van der Waals surface area contributed by atoms with Gasteiger partial charge in [0.25, 0.3) is 0 Å².